The van der Waals surface area contributed by atoms with E-state index in [9.17, 15) is 28.8 Å². The molecule has 1 unspecified atom stereocenters. The Balaban J connectivity index is 1.43. The summed E-state index contributed by atoms with van der Waals surface area (Å²) in [6.07, 6.45) is 6.36. The summed E-state index contributed by atoms with van der Waals surface area (Å²) in [6.45, 7) is 5.02. The summed E-state index contributed by atoms with van der Waals surface area (Å²) in [5.41, 5.74) is -0.154. The zero-order chi connectivity index (χ0) is 38.9. The number of amides is 6. The smallest absolute Gasteiger partial charge is 0.408 e. The van der Waals surface area contributed by atoms with Crippen molar-refractivity contribution in [3.05, 3.63) is 35.9 Å². The zero-order valence-corrected chi connectivity index (χ0v) is 33.0. The number of likely N-dealkylation sites (tertiary alicyclic amines) is 1. The lowest BCUT2D eigenvalue weighted by molar-refractivity contribution is -0.141. The third kappa shape index (κ3) is 13.0. The summed E-state index contributed by atoms with van der Waals surface area (Å²) in [5, 5.41) is 11.2. The highest BCUT2D eigenvalue weighted by Crippen LogP contribution is 2.36. The zero-order valence-electron chi connectivity index (χ0n) is 31.5. The van der Waals surface area contributed by atoms with Gasteiger partial charge in [0.2, 0.25) is 29.5 Å². The van der Waals surface area contributed by atoms with Gasteiger partial charge in [-0.25, -0.2) is 4.79 Å². The van der Waals surface area contributed by atoms with Crippen LogP contribution >= 0.6 is 23.2 Å². The van der Waals surface area contributed by atoms with E-state index < -0.39 is 58.4 Å². The fraction of sp³-hybridized carbons (Fsp3) is 0.684. The molecular weight excluding hydrogens is 723 g/mol. The Morgan fingerprint density at radius 3 is 2.13 bits per heavy atom. The van der Waals surface area contributed by atoms with Gasteiger partial charge in [-0.15, -0.1) is 23.2 Å². The molecule has 1 saturated heterocycles. The molecule has 1 heterocycles. The maximum Gasteiger partial charge on any atom is 0.408 e. The maximum atomic E-state index is 14.3. The van der Waals surface area contributed by atoms with E-state index in [4.69, 9.17) is 27.9 Å². The topological polar surface area (TPSA) is 166 Å². The summed E-state index contributed by atoms with van der Waals surface area (Å²) in [7, 11) is 3.20. The van der Waals surface area contributed by atoms with Gasteiger partial charge in [-0.1, -0.05) is 62.4 Å². The molecule has 294 valence electrons. The number of rotatable bonds is 15. The number of hydrogen-bond acceptors (Lipinski definition) is 7. The number of hydrogen-bond donors (Lipinski definition) is 4. The molecule has 1 aromatic carbocycles. The Bertz CT molecular complexity index is 1450. The Hall–Kier alpha value is -3.58. The van der Waals surface area contributed by atoms with E-state index in [1.807, 2.05) is 6.07 Å². The van der Waals surface area contributed by atoms with Gasteiger partial charge in [-0.05, 0) is 63.9 Å². The molecule has 0 aromatic heterocycles. The van der Waals surface area contributed by atoms with Gasteiger partial charge >= 0.3 is 6.09 Å². The molecule has 1 aromatic rings. The molecule has 3 aliphatic rings. The second kappa shape index (κ2) is 19.1. The summed E-state index contributed by atoms with van der Waals surface area (Å²) < 4.78 is 5.51. The van der Waals surface area contributed by atoms with Crippen LogP contribution in [0.25, 0.3) is 0 Å². The van der Waals surface area contributed by atoms with Gasteiger partial charge < -0.3 is 35.8 Å². The van der Waals surface area contributed by atoms with E-state index in [0.29, 0.717) is 17.9 Å². The molecule has 4 N–H and O–H groups in total. The van der Waals surface area contributed by atoms with Crippen molar-refractivity contribution in [1.29, 1.82) is 0 Å². The van der Waals surface area contributed by atoms with Crippen molar-refractivity contribution in [2.24, 2.45) is 17.8 Å². The van der Waals surface area contributed by atoms with Crippen LogP contribution in [0.5, 0.6) is 0 Å². The van der Waals surface area contributed by atoms with Gasteiger partial charge in [0.05, 0.1) is 6.54 Å². The summed E-state index contributed by atoms with van der Waals surface area (Å²) in [6, 6.07) is 5.55. The van der Waals surface area contributed by atoms with Crippen LogP contribution in [0, 0.1) is 17.8 Å². The van der Waals surface area contributed by atoms with Crippen LogP contribution in [-0.4, -0.2) is 101 Å². The Morgan fingerprint density at radius 1 is 0.887 bits per heavy atom. The van der Waals surface area contributed by atoms with Crippen molar-refractivity contribution in [3.63, 3.8) is 0 Å². The van der Waals surface area contributed by atoms with Crippen molar-refractivity contribution in [3.8, 4) is 0 Å². The molecule has 6 amide bonds. The standard InChI is InChI=1S/C38H56Cl2N6O7/c1-38(2,3)53-37(52)44-32(25-14-10-7-11-15-25)36(51)46-22-26(33(39)40)19-28(46)34(49)42-27(18-23-16-17-23)20-29(47)41-21-30(48)43-31(35(50)45(4)5)24-12-8-6-9-13-24/h6,8-9,12-13,23,25-28,31-33H,7,10-11,14-22H2,1-5H3,(H,41,47)(H,42,49)(H,43,48)(H,44,52)/t26-,27?,28+,31+,32+/m1/s1. The maximum absolute atomic E-state index is 14.3. The summed E-state index contributed by atoms with van der Waals surface area (Å²) >= 11 is 12.6. The number of halogens is 2. The second-order valence-electron chi connectivity index (χ2n) is 15.9. The average molecular weight is 780 g/mol. The fourth-order valence-corrected chi connectivity index (χ4v) is 7.49. The predicted octanol–water partition coefficient (Wildman–Crippen LogP) is 4.22. The van der Waals surface area contributed by atoms with E-state index in [1.165, 1.54) is 9.80 Å². The number of alkyl carbamates (subject to hydrolysis) is 1. The van der Waals surface area contributed by atoms with E-state index in [2.05, 4.69) is 21.3 Å². The average Bonchev–Trinajstić information content (AvgIpc) is 3.80. The number of nitrogens with zero attached hydrogens (tertiary/aromatic N) is 2. The third-order valence-corrected chi connectivity index (χ3v) is 10.7. The van der Waals surface area contributed by atoms with Crippen LogP contribution in [-0.2, 0) is 28.7 Å². The molecule has 5 atom stereocenters. The third-order valence-electron chi connectivity index (χ3n) is 10.0. The van der Waals surface area contributed by atoms with Crippen LogP contribution in [0.4, 0.5) is 4.79 Å². The highest BCUT2D eigenvalue weighted by molar-refractivity contribution is 6.44. The minimum absolute atomic E-state index is 0.0864. The monoisotopic (exact) mass is 778 g/mol. The molecule has 53 heavy (non-hydrogen) atoms. The molecule has 0 bridgehead atoms. The minimum atomic E-state index is -0.920. The van der Waals surface area contributed by atoms with Gasteiger partial charge in [0.15, 0.2) is 0 Å². The van der Waals surface area contributed by atoms with Crippen LogP contribution in [0.3, 0.4) is 0 Å². The minimum Gasteiger partial charge on any atom is -0.444 e. The molecule has 4 rings (SSSR count). The van der Waals surface area contributed by atoms with Crippen LogP contribution in [0.2, 0.25) is 0 Å². The van der Waals surface area contributed by atoms with E-state index in [1.54, 1.807) is 59.1 Å². The van der Waals surface area contributed by atoms with Crippen molar-refractivity contribution in [2.45, 2.75) is 120 Å². The Kier molecular flexibility index (Phi) is 15.2. The molecule has 2 aliphatic carbocycles. The number of likely N-dealkylation sites (N-methyl/N-ethyl adjacent to an activating group) is 1. The molecule has 13 nitrogen and oxygen atoms in total. The Morgan fingerprint density at radius 2 is 1.55 bits per heavy atom. The molecule has 0 radical (unpaired) electrons. The number of ether oxygens (including phenoxy) is 1. The molecule has 2 saturated carbocycles. The number of carbonyl (C=O) groups is 6. The number of nitrogens with one attached hydrogen (secondary N) is 4. The first-order valence-electron chi connectivity index (χ1n) is 18.7. The lowest BCUT2D eigenvalue weighted by Gasteiger charge is -2.35. The highest BCUT2D eigenvalue weighted by Gasteiger charge is 2.46. The van der Waals surface area contributed by atoms with Gasteiger partial charge in [-0.3, -0.25) is 24.0 Å². The highest BCUT2D eigenvalue weighted by atomic mass is 35.5. The largest absolute Gasteiger partial charge is 0.444 e. The van der Waals surface area contributed by atoms with Crippen molar-refractivity contribution in [2.75, 3.05) is 27.2 Å². The first-order chi connectivity index (χ1) is 25.0. The van der Waals surface area contributed by atoms with E-state index >= 15 is 0 Å². The van der Waals surface area contributed by atoms with Gasteiger partial charge in [0.25, 0.3) is 0 Å². The fourth-order valence-electron chi connectivity index (χ4n) is 7.13. The van der Waals surface area contributed by atoms with Crippen LogP contribution < -0.4 is 21.3 Å². The normalized spacial score (nSPS) is 20.9. The summed E-state index contributed by atoms with van der Waals surface area (Å²) in [4.78, 5) is 82.3. The van der Waals surface area contributed by atoms with Crippen LogP contribution in [0.1, 0.15) is 96.6 Å². The quantitative estimate of drug-likeness (QED) is 0.194. The number of benzene rings is 1. The van der Waals surface area contributed by atoms with Gasteiger partial charge in [0, 0.05) is 39.0 Å². The van der Waals surface area contributed by atoms with E-state index in [-0.39, 0.29) is 49.6 Å². The van der Waals surface area contributed by atoms with E-state index in [0.717, 1.165) is 44.9 Å². The van der Waals surface area contributed by atoms with Gasteiger partial charge in [0.1, 0.15) is 28.6 Å². The van der Waals surface area contributed by atoms with Crippen LogP contribution in [0.15, 0.2) is 30.3 Å². The van der Waals surface area contributed by atoms with Gasteiger partial charge in [-0.2, -0.15) is 0 Å². The molecule has 15 heteroatoms. The first kappa shape index (κ1) is 42.2. The molecule has 1 aliphatic heterocycles. The summed E-state index contributed by atoms with van der Waals surface area (Å²) in [5.74, 6) is -2.28. The lowest BCUT2D eigenvalue weighted by atomic mass is 9.83. The van der Waals surface area contributed by atoms with Crippen molar-refractivity contribution < 1.29 is 33.5 Å². The van der Waals surface area contributed by atoms with Crippen molar-refractivity contribution in [1.82, 2.24) is 31.1 Å². The first-order valence-corrected chi connectivity index (χ1v) is 19.6. The number of alkyl halides is 2. The predicted molar refractivity (Wildman–Crippen MR) is 202 cm³/mol. The van der Waals surface area contributed by atoms with Crippen molar-refractivity contribution >= 4 is 58.8 Å². The molecular formula is C38H56Cl2N6O7. The number of carbonyl (C=O) groups excluding carboxylic acids is 6. The SMILES string of the molecule is CN(C)C(=O)[C@@H](NC(=O)CNC(=O)CC(CC1CC1)NC(=O)[C@@H]1C[C@@H](C(Cl)Cl)CN1C(=O)[C@@H](NC(=O)OC(C)(C)C)C1CCCCC1)c1ccccc1. The lowest BCUT2D eigenvalue weighted by Crippen LogP contribution is -2.57. The molecule has 0 spiro atoms. The Labute approximate surface area is 323 Å². The molecule has 3 fully saturated rings. The second-order valence-corrected chi connectivity index (χ2v) is 17.0.